The predicted molar refractivity (Wildman–Crippen MR) is 119 cm³/mol. The summed E-state index contributed by atoms with van der Waals surface area (Å²) >= 11 is 0. The van der Waals surface area contributed by atoms with Crippen molar-refractivity contribution in [3.05, 3.63) is 35.5 Å². The van der Waals surface area contributed by atoms with Gasteiger partial charge in [0, 0.05) is 5.56 Å². The third-order valence-corrected chi connectivity index (χ3v) is 6.85. The van der Waals surface area contributed by atoms with Crippen molar-refractivity contribution in [2.75, 3.05) is 6.54 Å². The number of benzene rings is 1. The Bertz CT molecular complexity index is 1110. The number of aryl methyl sites for hydroxylation is 1. The molecule has 1 aliphatic carbocycles. The maximum Gasteiger partial charge on any atom is 0.326 e. The van der Waals surface area contributed by atoms with Gasteiger partial charge in [-0.05, 0) is 55.6 Å². The zero-order valence-electron chi connectivity index (χ0n) is 19.8. The fourth-order valence-electron chi connectivity index (χ4n) is 4.61. The van der Waals surface area contributed by atoms with Gasteiger partial charge in [-0.3, -0.25) is 14.5 Å². The number of amides is 3. The van der Waals surface area contributed by atoms with E-state index in [2.05, 4.69) is 36.2 Å². The fourth-order valence-corrected chi connectivity index (χ4v) is 4.61. The fraction of sp³-hybridized carbons (Fsp3) is 0.542. The molecule has 1 saturated heterocycles. The Morgan fingerprint density at radius 1 is 1.29 bits per heavy atom. The van der Waals surface area contributed by atoms with E-state index in [-0.39, 0.29) is 29.6 Å². The van der Waals surface area contributed by atoms with E-state index in [1.807, 2.05) is 0 Å². The molecule has 4 rings (SSSR count). The van der Waals surface area contributed by atoms with Crippen LogP contribution >= 0.6 is 0 Å². The van der Waals surface area contributed by atoms with Crippen molar-refractivity contribution in [1.29, 1.82) is 0 Å². The van der Waals surface area contributed by atoms with E-state index in [1.165, 1.54) is 6.07 Å². The van der Waals surface area contributed by atoms with Gasteiger partial charge in [-0.1, -0.05) is 38.1 Å². The number of urea groups is 1. The zero-order chi connectivity index (χ0) is 24.7. The SMILES string of the molecule is Cc1ccc(-c2noc(COC(=O)CN3C(=O)NC4(CCC(C(C)(C)C)CC4)C3=O)n2)cc1F. The molecule has 1 N–H and O–H groups in total. The summed E-state index contributed by atoms with van der Waals surface area (Å²) in [5.41, 5.74) is 0.115. The molecule has 182 valence electrons. The van der Waals surface area contributed by atoms with E-state index < -0.39 is 29.9 Å². The minimum absolute atomic E-state index is 0.0125. The standard InChI is InChI=1S/C24H29FN4O5/c1-14-5-6-15(11-17(14)25)20-26-18(34-28-20)13-33-19(30)12-29-21(31)24(27-22(29)32)9-7-16(8-10-24)23(2,3)4/h5-6,11,16H,7-10,12-13H2,1-4H3,(H,27,32). The number of imide groups is 1. The van der Waals surface area contributed by atoms with E-state index in [0.717, 1.165) is 17.7 Å². The molecule has 1 aliphatic heterocycles. The monoisotopic (exact) mass is 472 g/mol. The first-order chi connectivity index (χ1) is 16.0. The van der Waals surface area contributed by atoms with Gasteiger partial charge in [-0.15, -0.1) is 0 Å². The minimum Gasteiger partial charge on any atom is -0.454 e. The van der Waals surface area contributed by atoms with Crippen LogP contribution in [0.1, 0.15) is 57.9 Å². The number of carbonyl (C=O) groups is 3. The van der Waals surface area contributed by atoms with E-state index >= 15 is 0 Å². The molecule has 1 saturated carbocycles. The van der Waals surface area contributed by atoms with Gasteiger partial charge in [0.1, 0.15) is 17.9 Å². The summed E-state index contributed by atoms with van der Waals surface area (Å²) in [7, 11) is 0. The highest BCUT2D eigenvalue weighted by molar-refractivity contribution is 6.08. The van der Waals surface area contributed by atoms with Crippen LogP contribution < -0.4 is 5.32 Å². The summed E-state index contributed by atoms with van der Waals surface area (Å²) in [4.78, 5) is 42.9. The molecule has 9 nitrogen and oxygen atoms in total. The Labute approximate surface area is 197 Å². The Hall–Kier alpha value is -3.30. The lowest BCUT2D eigenvalue weighted by Crippen LogP contribution is -2.50. The van der Waals surface area contributed by atoms with Gasteiger partial charge < -0.3 is 14.6 Å². The third kappa shape index (κ3) is 4.67. The van der Waals surface area contributed by atoms with Crippen molar-refractivity contribution in [3.8, 4) is 11.4 Å². The number of hydrogen-bond donors (Lipinski definition) is 1. The van der Waals surface area contributed by atoms with Crippen molar-refractivity contribution >= 4 is 17.9 Å². The largest absolute Gasteiger partial charge is 0.454 e. The van der Waals surface area contributed by atoms with Gasteiger partial charge >= 0.3 is 12.0 Å². The maximum absolute atomic E-state index is 13.8. The molecule has 10 heteroatoms. The molecule has 2 aromatic rings. The molecule has 1 spiro atoms. The first-order valence-corrected chi connectivity index (χ1v) is 11.4. The lowest BCUT2D eigenvalue weighted by atomic mass is 9.67. The number of halogens is 1. The second-order valence-electron chi connectivity index (χ2n) is 10.2. The van der Waals surface area contributed by atoms with Gasteiger partial charge in [0.05, 0.1) is 0 Å². The van der Waals surface area contributed by atoms with Gasteiger partial charge in [-0.25, -0.2) is 9.18 Å². The highest BCUT2D eigenvalue weighted by atomic mass is 19.1. The second kappa shape index (κ2) is 8.81. The number of ether oxygens (including phenoxy) is 1. The highest BCUT2D eigenvalue weighted by Crippen LogP contribution is 2.43. The van der Waals surface area contributed by atoms with Crippen LogP contribution in [0.2, 0.25) is 0 Å². The molecule has 1 aromatic carbocycles. The van der Waals surface area contributed by atoms with Crippen LogP contribution in [0, 0.1) is 24.1 Å². The summed E-state index contributed by atoms with van der Waals surface area (Å²) in [5, 5.41) is 6.58. The number of carbonyl (C=O) groups excluding carboxylic acids is 3. The van der Waals surface area contributed by atoms with Crippen molar-refractivity contribution in [2.24, 2.45) is 11.3 Å². The number of hydrogen-bond acceptors (Lipinski definition) is 7. The molecule has 34 heavy (non-hydrogen) atoms. The van der Waals surface area contributed by atoms with Gasteiger partial charge in [0.15, 0.2) is 6.61 Å². The van der Waals surface area contributed by atoms with Crippen LogP contribution in [-0.2, 0) is 20.9 Å². The Kier molecular flexibility index (Phi) is 6.18. The predicted octanol–water partition coefficient (Wildman–Crippen LogP) is 3.75. The van der Waals surface area contributed by atoms with Crippen LogP contribution in [0.5, 0.6) is 0 Å². The number of nitrogens with one attached hydrogen (secondary N) is 1. The van der Waals surface area contributed by atoms with Crippen LogP contribution in [0.3, 0.4) is 0 Å². The molecular formula is C24H29FN4O5. The van der Waals surface area contributed by atoms with Crippen molar-refractivity contribution in [2.45, 2.75) is 65.5 Å². The average Bonchev–Trinajstić information content (AvgIpc) is 3.33. The first kappa shape index (κ1) is 23.8. The van der Waals surface area contributed by atoms with Crippen molar-refractivity contribution in [3.63, 3.8) is 0 Å². The molecule has 0 bridgehead atoms. The number of nitrogens with zero attached hydrogens (tertiary/aromatic N) is 3. The first-order valence-electron chi connectivity index (χ1n) is 11.4. The molecule has 2 fully saturated rings. The molecule has 2 heterocycles. The highest BCUT2D eigenvalue weighted by Gasteiger charge is 2.53. The van der Waals surface area contributed by atoms with Crippen LogP contribution in [0.15, 0.2) is 22.7 Å². The van der Waals surface area contributed by atoms with Gasteiger partial charge in [-0.2, -0.15) is 4.98 Å². The summed E-state index contributed by atoms with van der Waals surface area (Å²) in [5.74, 6) is -0.912. The molecule has 1 aromatic heterocycles. The van der Waals surface area contributed by atoms with E-state index in [9.17, 15) is 18.8 Å². The molecule has 0 atom stereocenters. The van der Waals surface area contributed by atoms with Crippen LogP contribution in [0.25, 0.3) is 11.4 Å². The topological polar surface area (TPSA) is 115 Å². The van der Waals surface area contributed by atoms with Crippen molar-refractivity contribution < 1.29 is 28.0 Å². The molecule has 0 radical (unpaired) electrons. The van der Waals surface area contributed by atoms with Gasteiger partial charge in [0.2, 0.25) is 5.82 Å². The molecule has 2 aliphatic rings. The Morgan fingerprint density at radius 2 is 2.00 bits per heavy atom. The van der Waals surface area contributed by atoms with E-state index in [1.54, 1.807) is 19.1 Å². The quantitative estimate of drug-likeness (QED) is 0.521. The van der Waals surface area contributed by atoms with E-state index in [4.69, 9.17) is 9.26 Å². The number of esters is 1. The summed E-state index contributed by atoms with van der Waals surface area (Å²) in [6, 6.07) is 3.96. The van der Waals surface area contributed by atoms with E-state index in [0.29, 0.717) is 29.9 Å². The zero-order valence-corrected chi connectivity index (χ0v) is 19.8. The molecule has 0 unspecified atom stereocenters. The number of aromatic nitrogens is 2. The second-order valence-corrected chi connectivity index (χ2v) is 10.2. The molecular weight excluding hydrogens is 443 g/mol. The Balaban J connectivity index is 1.32. The minimum atomic E-state index is -0.941. The summed E-state index contributed by atoms with van der Waals surface area (Å²) in [6.45, 7) is 7.35. The molecule has 3 amide bonds. The average molecular weight is 473 g/mol. The smallest absolute Gasteiger partial charge is 0.326 e. The lowest BCUT2D eigenvalue weighted by molar-refractivity contribution is -0.149. The Morgan fingerprint density at radius 3 is 2.65 bits per heavy atom. The third-order valence-electron chi connectivity index (χ3n) is 6.85. The van der Waals surface area contributed by atoms with Crippen LogP contribution in [0.4, 0.5) is 9.18 Å². The summed E-state index contributed by atoms with van der Waals surface area (Å²) in [6.07, 6.45) is 2.77. The van der Waals surface area contributed by atoms with Crippen molar-refractivity contribution in [1.82, 2.24) is 20.4 Å². The normalized spacial score (nSPS) is 22.9. The maximum atomic E-state index is 13.8. The lowest BCUT2D eigenvalue weighted by Gasteiger charge is -2.40. The van der Waals surface area contributed by atoms with Crippen LogP contribution in [-0.4, -0.2) is 45.0 Å². The summed E-state index contributed by atoms with van der Waals surface area (Å²) < 4.78 is 24.0. The van der Waals surface area contributed by atoms with Gasteiger partial charge in [0.25, 0.3) is 11.8 Å². The number of rotatable bonds is 5.